The molecule has 0 bridgehead atoms. The summed E-state index contributed by atoms with van der Waals surface area (Å²) in [5, 5.41) is 0. The first-order valence-electron chi connectivity index (χ1n) is 7.80. The molecule has 0 aromatic rings. The Labute approximate surface area is 129 Å². The van der Waals surface area contributed by atoms with Gasteiger partial charge in [0.2, 0.25) is 5.91 Å². The van der Waals surface area contributed by atoms with Crippen LogP contribution in [0, 0.1) is 5.92 Å². The van der Waals surface area contributed by atoms with E-state index in [1.165, 1.54) is 25.7 Å². The normalized spacial score (nSPS) is 31.4. The molecule has 0 aromatic carbocycles. The van der Waals surface area contributed by atoms with Gasteiger partial charge >= 0.3 is 0 Å². The molecule has 1 unspecified atom stereocenters. The van der Waals surface area contributed by atoms with Gasteiger partial charge in [0, 0.05) is 25.7 Å². The molecule has 1 atom stereocenters. The Morgan fingerprint density at radius 2 is 1.90 bits per heavy atom. The smallest absolute Gasteiger partial charge is 0.236 e. The lowest BCUT2D eigenvalue weighted by Crippen LogP contribution is -2.49. The summed E-state index contributed by atoms with van der Waals surface area (Å²) >= 11 is 0. The topological polar surface area (TPSA) is 49.6 Å². The van der Waals surface area contributed by atoms with Crippen molar-refractivity contribution < 1.29 is 4.79 Å². The van der Waals surface area contributed by atoms with Gasteiger partial charge in [-0.1, -0.05) is 6.92 Å². The van der Waals surface area contributed by atoms with Gasteiger partial charge in [0.1, 0.15) is 0 Å². The number of piperidine rings is 1. The van der Waals surface area contributed by atoms with E-state index in [0.717, 1.165) is 31.8 Å². The minimum absolute atomic E-state index is 0. The summed E-state index contributed by atoms with van der Waals surface area (Å²) in [5.74, 6) is 1.11. The monoisotopic (exact) mass is 303 g/mol. The molecule has 118 valence electrons. The van der Waals surface area contributed by atoms with E-state index in [0.29, 0.717) is 12.6 Å². The zero-order valence-electron chi connectivity index (χ0n) is 12.9. The van der Waals surface area contributed by atoms with Gasteiger partial charge in [-0.15, -0.1) is 12.4 Å². The van der Waals surface area contributed by atoms with Crippen LogP contribution in [0.25, 0.3) is 0 Å². The molecule has 1 heterocycles. The molecular formula is C15H30ClN3O. The van der Waals surface area contributed by atoms with Crippen molar-refractivity contribution in [1.82, 2.24) is 9.80 Å². The second kappa shape index (κ2) is 8.20. The third-order valence-corrected chi connectivity index (χ3v) is 4.83. The molecule has 1 aliphatic heterocycles. The molecule has 1 amide bonds. The van der Waals surface area contributed by atoms with Gasteiger partial charge in [0.25, 0.3) is 0 Å². The summed E-state index contributed by atoms with van der Waals surface area (Å²) in [5.41, 5.74) is 5.97. The van der Waals surface area contributed by atoms with Crippen LogP contribution in [0.2, 0.25) is 0 Å². The molecule has 1 saturated heterocycles. The lowest BCUT2D eigenvalue weighted by molar-refractivity contribution is -0.134. The highest BCUT2D eigenvalue weighted by Crippen LogP contribution is 2.26. The van der Waals surface area contributed by atoms with Crippen LogP contribution < -0.4 is 5.73 Å². The number of amides is 1. The minimum Gasteiger partial charge on any atom is -0.342 e. The molecule has 0 radical (unpaired) electrons. The van der Waals surface area contributed by atoms with Crippen molar-refractivity contribution in [2.24, 2.45) is 11.7 Å². The summed E-state index contributed by atoms with van der Waals surface area (Å²) in [7, 11) is 1.98. The van der Waals surface area contributed by atoms with Crippen molar-refractivity contribution in [3.8, 4) is 0 Å². The van der Waals surface area contributed by atoms with Crippen molar-refractivity contribution in [2.75, 3.05) is 26.7 Å². The minimum atomic E-state index is 0. The fraction of sp³-hybridized carbons (Fsp3) is 0.933. The fourth-order valence-electron chi connectivity index (χ4n) is 3.37. The lowest BCUT2D eigenvalue weighted by Gasteiger charge is -2.36. The number of carbonyl (C=O) groups excluding carboxylic acids is 1. The Morgan fingerprint density at radius 1 is 1.25 bits per heavy atom. The van der Waals surface area contributed by atoms with E-state index in [-0.39, 0.29) is 24.4 Å². The number of likely N-dealkylation sites (tertiary alicyclic amines) is 1. The number of rotatable bonds is 3. The molecule has 0 spiro atoms. The fourth-order valence-corrected chi connectivity index (χ4v) is 3.37. The van der Waals surface area contributed by atoms with E-state index in [1.54, 1.807) is 0 Å². The van der Waals surface area contributed by atoms with Gasteiger partial charge in [-0.25, -0.2) is 0 Å². The number of hydrogen-bond donors (Lipinski definition) is 1. The van der Waals surface area contributed by atoms with Crippen LogP contribution in [-0.4, -0.2) is 54.5 Å². The van der Waals surface area contributed by atoms with Gasteiger partial charge in [-0.3, -0.25) is 9.69 Å². The largest absolute Gasteiger partial charge is 0.342 e. The lowest BCUT2D eigenvalue weighted by atomic mass is 9.87. The molecule has 1 saturated carbocycles. The number of carbonyl (C=O) groups is 1. The Balaban J connectivity index is 0.00000200. The van der Waals surface area contributed by atoms with Crippen LogP contribution >= 0.6 is 12.4 Å². The summed E-state index contributed by atoms with van der Waals surface area (Å²) < 4.78 is 0. The van der Waals surface area contributed by atoms with Crippen LogP contribution in [0.1, 0.15) is 45.4 Å². The molecule has 2 fully saturated rings. The second-order valence-electron chi connectivity index (χ2n) is 6.56. The first-order chi connectivity index (χ1) is 9.06. The number of nitrogens with zero attached hydrogens (tertiary/aromatic N) is 2. The third kappa shape index (κ3) is 4.90. The van der Waals surface area contributed by atoms with Crippen molar-refractivity contribution in [3.63, 3.8) is 0 Å². The van der Waals surface area contributed by atoms with Gasteiger partial charge in [0.15, 0.2) is 0 Å². The van der Waals surface area contributed by atoms with Gasteiger partial charge in [-0.2, -0.15) is 0 Å². The summed E-state index contributed by atoms with van der Waals surface area (Å²) in [6.45, 7) is 4.76. The zero-order valence-corrected chi connectivity index (χ0v) is 13.7. The van der Waals surface area contributed by atoms with E-state index in [4.69, 9.17) is 5.73 Å². The molecule has 1 aliphatic carbocycles. The summed E-state index contributed by atoms with van der Waals surface area (Å²) in [6.07, 6.45) is 7.08. The number of nitrogens with two attached hydrogens (primary N) is 1. The van der Waals surface area contributed by atoms with Crippen LogP contribution in [0.5, 0.6) is 0 Å². The summed E-state index contributed by atoms with van der Waals surface area (Å²) in [6, 6.07) is 0.713. The predicted octanol–water partition coefficient (Wildman–Crippen LogP) is 1.87. The quantitative estimate of drug-likeness (QED) is 0.866. The van der Waals surface area contributed by atoms with Crippen LogP contribution in [0.3, 0.4) is 0 Å². The van der Waals surface area contributed by atoms with Crippen LogP contribution in [0.4, 0.5) is 0 Å². The molecule has 20 heavy (non-hydrogen) atoms. The molecule has 5 heteroatoms. The maximum absolute atomic E-state index is 12.3. The van der Waals surface area contributed by atoms with Crippen molar-refractivity contribution >= 4 is 18.3 Å². The highest BCUT2D eigenvalue weighted by molar-refractivity contribution is 5.85. The first kappa shape index (κ1) is 17.7. The Bertz CT molecular complexity index is 305. The highest BCUT2D eigenvalue weighted by Gasteiger charge is 2.26. The first-order valence-corrected chi connectivity index (χ1v) is 7.80. The zero-order chi connectivity index (χ0) is 13.8. The Kier molecular flexibility index (Phi) is 7.27. The average Bonchev–Trinajstić information content (AvgIpc) is 2.39. The van der Waals surface area contributed by atoms with E-state index in [1.807, 2.05) is 11.9 Å². The maximum Gasteiger partial charge on any atom is 0.236 e. The summed E-state index contributed by atoms with van der Waals surface area (Å²) in [4.78, 5) is 16.6. The van der Waals surface area contributed by atoms with Crippen LogP contribution in [0.15, 0.2) is 0 Å². The molecular weight excluding hydrogens is 274 g/mol. The van der Waals surface area contributed by atoms with Gasteiger partial charge in [-0.05, 0) is 51.0 Å². The second-order valence-corrected chi connectivity index (χ2v) is 6.56. The van der Waals surface area contributed by atoms with Gasteiger partial charge in [0.05, 0.1) is 6.54 Å². The average molecular weight is 304 g/mol. The predicted molar refractivity (Wildman–Crippen MR) is 85.1 cm³/mol. The number of hydrogen-bond acceptors (Lipinski definition) is 3. The van der Waals surface area contributed by atoms with Crippen LogP contribution in [-0.2, 0) is 4.79 Å². The molecule has 2 N–H and O–H groups in total. The van der Waals surface area contributed by atoms with E-state index < -0.39 is 0 Å². The van der Waals surface area contributed by atoms with Crippen molar-refractivity contribution in [3.05, 3.63) is 0 Å². The molecule has 2 rings (SSSR count). The molecule has 4 nitrogen and oxygen atoms in total. The maximum atomic E-state index is 12.3. The molecule has 0 aromatic heterocycles. The van der Waals surface area contributed by atoms with E-state index >= 15 is 0 Å². The SMILES string of the molecule is CC1CCC(N(C)C(=O)CN2CCCC(N)C2)CC1.Cl. The van der Waals surface area contributed by atoms with Gasteiger partial charge < -0.3 is 10.6 Å². The number of halogens is 1. The Morgan fingerprint density at radius 3 is 2.50 bits per heavy atom. The van der Waals surface area contributed by atoms with E-state index in [9.17, 15) is 4.79 Å². The molecule has 2 aliphatic rings. The van der Waals surface area contributed by atoms with E-state index in [2.05, 4.69) is 11.8 Å². The highest BCUT2D eigenvalue weighted by atomic mass is 35.5. The number of likely N-dealkylation sites (N-methyl/N-ethyl adjacent to an activating group) is 1. The third-order valence-electron chi connectivity index (χ3n) is 4.83. The van der Waals surface area contributed by atoms with Crippen molar-refractivity contribution in [1.29, 1.82) is 0 Å². The standard InChI is InChI=1S/C15H29N3O.ClH/c1-12-5-7-14(8-6-12)17(2)15(19)11-18-9-3-4-13(16)10-18;/h12-14H,3-11,16H2,1-2H3;1H. The Hall–Kier alpha value is -0.320. The van der Waals surface area contributed by atoms with Crippen molar-refractivity contribution in [2.45, 2.75) is 57.5 Å².